The van der Waals surface area contributed by atoms with E-state index in [-0.39, 0.29) is 24.4 Å². The van der Waals surface area contributed by atoms with E-state index in [1.807, 2.05) is 24.3 Å². The Kier molecular flexibility index (Phi) is 8.19. The summed E-state index contributed by atoms with van der Waals surface area (Å²) >= 11 is 0. The third-order valence-electron chi connectivity index (χ3n) is 3.37. The summed E-state index contributed by atoms with van der Waals surface area (Å²) < 4.78 is 10.4. The van der Waals surface area contributed by atoms with Crippen molar-refractivity contribution in [2.24, 2.45) is 0 Å². The number of ether oxygens (including phenoxy) is 2. The van der Waals surface area contributed by atoms with E-state index in [1.54, 1.807) is 7.11 Å². The second kappa shape index (κ2) is 9.63. The molecule has 2 rings (SSSR count). The van der Waals surface area contributed by atoms with Crippen LogP contribution in [-0.2, 0) is 16.1 Å². The largest absolute Gasteiger partial charge is 0.491 e. The highest BCUT2D eigenvalue weighted by Gasteiger charge is 2.27. The minimum Gasteiger partial charge on any atom is -0.491 e. The standard InChI is InChI=1S/C15H22N2O4.ClH/c1-20-6-7-21-13-4-2-11(3-5-13)9-17-15(19)14-8-12(18)10-16-14;/h2-5,12,14,16,18H,6-10H2,1H3,(H,17,19);1H. The van der Waals surface area contributed by atoms with Crippen LogP contribution in [0.5, 0.6) is 5.75 Å². The lowest BCUT2D eigenvalue weighted by atomic mass is 10.1. The molecule has 2 atom stereocenters. The molecule has 7 heteroatoms. The molecule has 1 fully saturated rings. The van der Waals surface area contributed by atoms with E-state index in [1.165, 1.54) is 0 Å². The summed E-state index contributed by atoms with van der Waals surface area (Å²) in [6, 6.07) is 7.28. The zero-order chi connectivity index (χ0) is 15.1. The fourth-order valence-electron chi connectivity index (χ4n) is 2.18. The van der Waals surface area contributed by atoms with E-state index in [2.05, 4.69) is 10.6 Å². The van der Waals surface area contributed by atoms with E-state index in [4.69, 9.17) is 9.47 Å². The van der Waals surface area contributed by atoms with Crippen LogP contribution in [0.1, 0.15) is 12.0 Å². The van der Waals surface area contributed by atoms with Crippen LogP contribution in [0, 0.1) is 0 Å². The van der Waals surface area contributed by atoms with Crippen LogP contribution in [0.2, 0.25) is 0 Å². The molecular weight excluding hydrogens is 308 g/mol. The van der Waals surface area contributed by atoms with Gasteiger partial charge in [-0.2, -0.15) is 0 Å². The number of hydrogen-bond donors (Lipinski definition) is 3. The molecule has 6 nitrogen and oxygen atoms in total. The molecule has 0 radical (unpaired) electrons. The van der Waals surface area contributed by atoms with Gasteiger partial charge in [0.25, 0.3) is 0 Å². The number of halogens is 1. The second-order valence-electron chi connectivity index (χ2n) is 5.05. The van der Waals surface area contributed by atoms with Gasteiger partial charge in [0, 0.05) is 20.2 Å². The number of hydrogen-bond acceptors (Lipinski definition) is 5. The third kappa shape index (κ3) is 5.81. The lowest BCUT2D eigenvalue weighted by Gasteiger charge is -2.11. The van der Waals surface area contributed by atoms with Crippen LogP contribution < -0.4 is 15.4 Å². The molecule has 0 saturated carbocycles. The van der Waals surface area contributed by atoms with Crippen LogP contribution in [0.4, 0.5) is 0 Å². The maximum atomic E-state index is 11.9. The summed E-state index contributed by atoms with van der Waals surface area (Å²) in [6.07, 6.45) is 0.0438. The van der Waals surface area contributed by atoms with Gasteiger partial charge >= 0.3 is 0 Å². The van der Waals surface area contributed by atoms with Gasteiger partial charge in [0.15, 0.2) is 0 Å². The topological polar surface area (TPSA) is 79.8 Å². The van der Waals surface area contributed by atoms with Gasteiger partial charge < -0.3 is 25.2 Å². The van der Waals surface area contributed by atoms with E-state index < -0.39 is 6.10 Å². The number of nitrogens with one attached hydrogen (secondary N) is 2. The van der Waals surface area contributed by atoms with Gasteiger partial charge in [0.1, 0.15) is 12.4 Å². The molecule has 1 saturated heterocycles. The zero-order valence-corrected chi connectivity index (χ0v) is 13.4. The Labute approximate surface area is 136 Å². The number of methoxy groups -OCH3 is 1. The summed E-state index contributed by atoms with van der Waals surface area (Å²) in [5.41, 5.74) is 1.00. The van der Waals surface area contributed by atoms with Gasteiger partial charge in [-0.25, -0.2) is 0 Å². The SMILES string of the molecule is COCCOc1ccc(CNC(=O)C2CC(O)CN2)cc1.Cl. The van der Waals surface area contributed by atoms with Gasteiger partial charge in [-0.15, -0.1) is 12.4 Å². The van der Waals surface area contributed by atoms with Crippen LogP contribution in [0.3, 0.4) is 0 Å². The van der Waals surface area contributed by atoms with Crippen LogP contribution >= 0.6 is 12.4 Å². The second-order valence-corrected chi connectivity index (χ2v) is 5.05. The van der Waals surface area contributed by atoms with E-state index >= 15 is 0 Å². The number of carbonyl (C=O) groups excluding carboxylic acids is 1. The van der Waals surface area contributed by atoms with E-state index in [9.17, 15) is 9.90 Å². The highest BCUT2D eigenvalue weighted by atomic mass is 35.5. The lowest BCUT2D eigenvalue weighted by Crippen LogP contribution is -2.39. The van der Waals surface area contributed by atoms with Gasteiger partial charge in [0.05, 0.1) is 18.8 Å². The zero-order valence-electron chi connectivity index (χ0n) is 12.6. The number of aliphatic hydroxyl groups excluding tert-OH is 1. The van der Waals surface area contributed by atoms with Crippen LogP contribution in [-0.4, -0.2) is 50.0 Å². The Hall–Kier alpha value is -1.34. The van der Waals surface area contributed by atoms with Crippen molar-refractivity contribution in [1.82, 2.24) is 10.6 Å². The minimum absolute atomic E-state index is 0. The molecule has 0 bridgehead atoms. The van der Waals surface area contributed by atoms with Crippen molar-refractivity contribution in [3.05, 3.63) is 29.8 Å². The molecule has 1 aromatic carbocycles. The number of aliphatic hydroxyl groups is 1. The molecule has 2 unspecified atom stereocenters. The average molecular weight is 331 g/mol. The van der Waals surface area contributed by atoms with Crippen molar-refractivity contribution in [2.75, 3.05) is 26.9 Å². The van der Waals surface area contributed by atoms with Gasteiger partial charge in [-0.1, -0.05) is 12.1 Å². The van der Waals surface area contributed by atoms with Crippen LogP contribution in [0.15, 0.2) is 24.3 Å². The van der Waals surface area contributed by atoms with Crippen molar-refractivity contribution < 1.29 is 19.4 Å². The summed E-state index contributed by atoms with van der Waals surface area (Å²) in [6.45, 7) is 2.01. The fourth-order valence-corrected chi connectivity index (χ4v) is 2.18. The average Bonchev–Trinajstić information content (AvgIpc) is 2.93. The van der Waals surface area contributed by atoms with Gasteiger partial charge in [0.2, 0.25) is 5.91 Å². The van der Waals surface area contributed by atoms with Crippen LogP contribution in [0.25, 0.3) is 0 Å². The molecule has 1 amide bonds. The number of β-amino-alcohol motifs (C(OH)–C–C–N with tert-alkyl or cyclic N) is 1. The Balaban J connectivity index is 0.00000242. The number of carbonyl (C=O) groups is 1. The maximum Gasteiger partial charge on any atom is 0.237 e. The Morgan fingerprint density at radius 3 is 2.68 bits per heavy atom. The Bertz CT molecular complexity index is 455. The highest BCUT2D eigenvalue weighted by Crippen LogP contribution is 2.12. The molecule has 1 heterocycles. The molecule has 1 aliphatic rings. The molecule has 124 valence electrons. The maximum absolute atomic E-state index is 11.9. The normalized spacial score (nSPS) is 20.3. The molecule has 3 N–H and O–H groups in total. The van der Waals surface area contributed by atoms with Crippen molar-refractivity contribution >= 4 is 18.3 Å². The monoisotopic (exact) mass is 330 g/mol. The molecule has 1 aliphatic heterocycles. The number of amides is 1. The van der Waals surface area contributed by atoms with Crippen molar-refractivity contribution in [3.63, 3.8) is 0 Å². The first kappa shape index (κ1) is 18.7. The quantitative estimate of drug-likeness (QED) is 0.633. The van der Waals surface area contributed by atoms with E-state index in [0.29, 0.717) is 32.7 Å². The van der Waals surface area contributed by atoms with Crippen molar-refractivity contribution in [3.8, 4) is 5.75 Å². The smallest absolute Gasteiger partial charge is 0.237 e. The fraction of sp³-hybridized carbons (Fsp3) is 0.533. The summed E-state index contributed by atoms with van der Waals surface area (Å²) in [5, 5.41) is 15.2. The predicted molar refractivity (Wildman–Crippen MR) is 85.3 cm³/mol. The summed E-state index contributed by atoms with van der Waals surface area (Å²) in [4.78, 5) is 11.9. The highest BCUT2D eigenvalue weighted by molar-refractivity contribution is 5.85. The van der Waals surface area contributed by atoms with Gasteiger partial charge in [-0.05, 0) is 24.1 Å². The number of rotatable bonds is 7. The third-order valence-corrected chi connectivity index (χ3v) is 3.37. The predicted octanol–water partition coefficient (Wildman–Crippen LogP) is 0.473. The summed E-state index contributed by atoms with van der Waals surface area (Å²) in [7, 11) is 1.63. The molecule has 1 aromatic rings. The first-order chi connectivity index (χ1) is 10.2. The Morgan fingerprint density at radius 2 is 2.09 bits per heavy atom. The van der Waals surface area contributed by atoms with Gasteiger partial charge in [-0.3, -0.25) is 4.79 Å². The van der Waals surface area contributed by atoms with Crippen molar-refractivity contribution in [2.45, 2.75) is 25.1 Å². The molecule has 0 aromatic heterocycles. The molecular formula is C15H23ClN2O4. The first-order valence-electron chi connectivity index (χ1n) is 7.09. The molecule has 0 aliphatic carbocycles. The van der Waals surface area contributed by atoms with Crippen molar-refractivity contribution in [1.29, 1.82) is 0 Å². The lowest BCUT2D eigenvalue weighted by molar-refractivity contribution is -0.123. The first-order valence-corrected chi connectivity index (χ1v) is 7.09. The molecule has 0 spiro atoms. The number of benzene rings is 1. The molecule has 22 heavy (non-hydrogen) atoms. The summed E-state index contributed by atoms with van der Waals surface area (Å²) in [5.74, 6) is 0.703. The Morgan fingerprint density at radius 1 is 1.36 bits per heavy atom. The van der Waals surface area contributed by atoms with E-state index in [0.717, 1.165) is 11.3 Å². The minimum atomic E-state index is -0.427.